The van der Waals surface area contributed by atoms with E-state index in [2.05, 4.69) is 21.5 Å². The van der Waals surface area contributed by atoms with E-state index in [0.717, 1.165) is 0 Å². The minimum atomic E-state index is -0.142. The van der Waals surface area contributed by atoms with Crippen LogP contribution in [0.2, 0.25) is 0 Å². The molecule has 0 radical (unpaired) electrons. The van der Waals surface area contributed by atoms with Gasteiger partial charge in [-0.1, -0.05) is 5.16 Å². The molecule has 1 aliphatic rings. The van der Waals surface area contributed by atoms with Crippen LogP contribution in [-0.2, 0) is 4.79 Å². The van der Waals surface area contributed by atoms with Crippen LogP contribution in [0, 0.1) is 24.2 Å². The summed E-state index contributed by atoms with van der Waals surface area (Å²) in [6.45, 7) is 2.93. The number of nitriles is 1. The van der Waals surface area contributed by atoms with Crippen LogP contribution in [-0.4, -0.2) is 29.1 Å². The van der Waals surface area contributed by atoms with Gasteiger partial charge in [-0.05, 0) is 31.9 Å². The first-order valence-corrected chi connectivity index (χ1v) is 8.58. The number of furan rings is 1. The van der Waals surface area contributed by atoms with E-state index in [1.807, 2.05) is 4.90 Å². The third kappa shape index (κ3) is 3.42. The molecule has 0 aromatic carbocycles. The molecule has 0 unspecified atom stereocenters. The topological polar surface area (TPSA) is 121 Å². The van der Waals surface area contributed by atoms with Gasteiger partial charge in [-0.2, -0.15) is 10.2 Å². The molecule has 1 aliphatic heterocycles. The lowest BCUT2D eigenvalue weighted by Gasteiger charge is -2.30. The van der Waals surface area contributed by atoms with Crippen LogP contribution in [0.4, 0.5) is 11.7 Å². The molecule has 0 spiro atoms. The Morgan fingerprint density at radius 2 is 2.22 bits per heavy atom. The summed E-state index contributed by atoms with van der Waals surface area (Å²) in [5, 5.41) is 15.9. The number of carbonyl (C=O) groups is 1. The fraction of sp³-hybridized carbons (Fsp3) is 0.333. The number of amides is 1. The van der Waals surface area contributed by atoms with Crippen LogP contribution in [0.15, 0.2) is 37.8 Å². The highest BCUT2D eigenvalue weighted by Gasteiger charge is 2.29. The van der Waals surface area contributed by atoms with Crippen molar-refractivity contribution in [2.75, 3.05) is 23.3 Å². The third-order valence-corrected chi connectivity index (χ3v) is 4.48. The Balaban J connectivity index is 1.42. The van der Waals surface area contributed by atoms with E-state index < -0.39 is 0 Å². The summed E-state index contributed by atoms with van der Waals surface area (Å²) >= 11 is 0. The molecule has 0 bridgehead atoms. The standard InChI is InChI=1S/C18H17N5O4/c1-11-9-15(22-27-11)21-16(24)12-4-6-23(7-5-12)18-13(10-19)20-17(26-18)14-3-2-8-25-14/h2-3,8-9,12H,4-7H2,1H3,(H,21,22,24). The van der Waals surface area contributed by atoms with E-state index in [9.17, 15) is 10.1 Å². The number of carbonyl (C=O) groups excluding carboxylic acids is 1. The first kappa shape index (κ1) is 16.9. The molecule has 9 nitrogen and oxygen atoms in total. The first-order valence-electron chi connectivity index (χ1n) is 8.58. The Bertz CT molecular complexity index is 974. The summed E-state index contributed by atoms with van der Waals surface area (Å²) in [5.41, 5.74) is 0.211. The van der Waals surface area contributed by atoms with Crippen molar-refractivity contribution in [3.05, 3.63) is 35.9 Å². The molecule has 27 heavy (non-hydrogen) atoms. The molecule has 9 heteroatoms. The van der Waals surface area contributed by atoms with Gasteiger partial charge in [-0.3, -0.25) is 4.79 Å². The lowest BCUT2D eigenvalue weighted by atomic mass is 9.96. The molecule has 3 aromatic heterocycles. The highest BCUT2D eigenvalue weighted by molar-refractivity contribution is 5.91. The second-order valence-electron chi connectivity index (χ2n) is 6.34. The molecular weight excluding hydrogens is 350 g/mol. The number of nitrogens with zero attached hydrogens (tertiary/aromatic N) is 4. The fourth-order valence-corrected chi connectivity index (χ4v) is 3.10. The minimum Gasteiger partial charge on any atom is -0.459 e. The maximum absolute atomic E-state index is 12.4. The van der Waals surface area contributed by atoms with E-state index in [1.165, 1.54) is 6.26 Å². The van der Waals surface area contributed by atoms with Crippen LogP contribution >= 0.6 is 0 Å². The highest BCUT2D eigenvalue weighted by atomic mass is 16.5. The van der Waals surface area contributed by atoms with Gasteiger partial charge in [0.15, 0.2) is 11.6 Å². The molecule has 0 saturated carbocycles. The number of hydrogen-bond acceptors (Lipinski definition) is 8. The summed E-state index contributed by atoms with van der Waals surface area (Å²) in [4.78, 5) is 18.5. The van der Waals surface area contributed by atoms with Crippen molar-refractivity contribution in [1.82, 2.24) is 10.1 Å². The molecule has 1 saturated heterocycles. The monoisotopic (exact) mass is 367 g/mol. The Morgan fingerprint density at radius 1 is 1.41 bits per heavy atom. The average molecular weight is 367 g/mol. The third-order valence-electron chi connectivity index (χ3n) is 4.48. The number of anilines is 2. The van der Waals surface area contributed by atoms with Gasteiger partial charge in [-0.15, -0.1) is 0 Å². The molecule has 1 fully saturated rings. The molecule has 1 amide bonds. The van der Waals surface area contributed by atoms with E-state index >= 15 is 0 Å². The van der Waals surface area contributed by atoms with Crippen molar-refractivity contribution in [2.24, 2.45) is 5.92 Å². The number of nitrogens with one attached hydrogen (secondary N) is 1. The normalized spacial score (nSPS) is 14.9. The van der Waals surface area contributed by atoms with E-state index in [0.29, 0.717) is 49.2 Å². The zero-order chi connectivity index (χ0) is 18.8. The zero-order valence-corrected chi connectivity index (χ0v) is 14.6. The maximum Gasteiger partial charge on any atom is 0.266 e. The first-order chi connectivity index (χ1) is 13.1. The summed E-state index contributed by atoms with van der Waals surface area (Å²) in [5.74, 6) is 1.98. The maximum atomic E-state index is 12.4. The van der Waals surface area contributed by atoms with Gasteiger partial charge in [0.25, 0.3) is 5.89 Å². The van der Waals surface area contributed by atoms with E-state index in [-0.39, 0.29) is 23.4 Å². The summed E-state index contributed by atoms with van der Waals surface area (Å²) < 4.78 is 16.0. The van der Waals surface area contributed by atoms with Gasteiger partial charge < -0.3 is 23.6 Å². The number of oxazole rings is 1. The van der Waals surface area contributed by atoms with Gasteiger partial charge in [0.2, 0.25) is 17.5 Å². The van der Waals surface area contributed by atoms with Crippen molar-refractivity contribution in [3.63, 3.8) is 0 Å². The van der Waals surface area contributed by atoms with Crippen LogP contribution in [0.25, 0.3) is 11.7 Å². The zero-order valence-electron chi connectivity index (χ0n) is 14.6. The minimum absolute atomic E-state index is 0.0858. The number of piperidine rings is 1. The predicted molar refractivity (Wildman–Crippen MR) is 93.7 cm³/mol. The second-order valence-corrected chi connectivity index (χ2v) is 6.34. The smallest absolute Gasteiger partial charge is 0.266 e. The summed E-state index contributed by atoms with van der Waals surface area (Å²) in [6, 6.07) is 7.18. The van der Waals surface area contributed by atoms with Crippen molar-refractivity contribution in [3.8, 4) is 17.7 Å². The van der Waals surface area contributed by atoms with Gasteiger partial charge in [0.1, 0.15) is 11.8 Å². The van der Waals surface area contributed by atoms with Crippen molar-refractivity contribution in [2.45, 2.75) is 19.8 Å². The Morgan fingerprint density at radius 3 is 2.85 bits per heavy atom. The number of rotatable bonds is 4. The highest BCUT2D eigenvalue weighted by Crippen LogP contribution is 2.31. The lowest BCUT2D eigenvalue weighted by molar-refractivity contribution is -0.120. The lowest BCUT2D eigenvalue weighted by Crippen LogP contribution is -2.38. The van der Waals surface area contributed by atoms with Crippen LogP contribution in [0.5, 0.6) is 0 Å². The Hall–Kier alpha value is -3.54. The van der Waals surface area contributed by atoms with Gasteiger partial charge in [0.05, 0.1) is 6.26 Å². The number of aryl methyl sites for hydroxylation is 1. The SMILES string of the molecule is Cc1cc(NC(=O)C2CCN(c3oc(-c4ccco4)nc3C#N)CC2)no1. The molecule has 3 aromatic rings. The molecule has 0 aliphatic carbocycles. The van der Waals surface area contributed by atoms with Crippen molar-refractivity contribution >= 4 is 17.6 Å². The van der Waals surface area contributed by atoms with Gasteiger partial charge >= 0.3 is 0 Å². The van der Waals surface area contributed by atoms with Crippen molar-refractivity contribution < 1.29 is 18.2 Å². The molecule has 4 rings (SSSR count). The largest absolute Gasteiger partial charge is 0.459 e. The second kappa shape index (κ2) is 6.99. The molecule has 138 valence electrons. The quantitative estimate of drug-likeness (QED) is 0.747. The Labute approximate surface area is 154 Å². The van der Waals surface area contributed by atoms with Gasteiger partial charge in [-0.25, -0.2) is 0 Å². The summed E-state index contributed by atoms with van der Waals surface area (Å²) in [7, 11) is 0. The number of hydrogen-bond donors (Lipinski definition) is 1. The summed E-state index contributed by atoms with van der Waals surface area (Å²) in [6.07, 6.45) is 2.78. The molecule has 4 heterocycles. The Kier molecular flexibility index (Phi) is 4.38. The van der Waals surface area contributed by atoms with E-state index in [1.54, 1.807) is 25.1 Å². The average Bonchev–Trinajstić information content (AvgIpc) is 3.42. The molecule has 0 atom stereocenters. The van der Waals surface area contributed by atoms with Crippen LogP contribution < -0.4 is 10.2 Å². The van der Waals surface area contributed by atoms with Crippen LogP contribution in [0.3, 0.4) is 0 Å². The number of aromatic nitrogens is 2. The van der Waals surface area contributed by atoms with Crippen LogP contribution in [0.1, 0.15) is 24.3 Å². The van der Waals surface area contributed by atoms with Crippen molar-refractivity contribution in [1.29, 1.82) is 5.26 Å². The fourth-order valence-electron chi connectivity index (χ4n) is 3.10. The molecular formula is C18H17N5O4. The molecule has 1 N–H and O–H groups in total. The van der Waals surface area contributed by atoms with E-state index in [4.69, 9.17) is 13.4 Å². The predicted octanol–water partition coefficient (Wildman–Crippen LogP) is 2.96. The van der Waals surface area contributed by atoms with Gasteiger partial charge in [0, 0.05) is 25.1 Å².